The fraction of sp³-hybridized carbons (Fsp3) is 0.435. The molecule has 2 aromatic heterocycles. The van der Waals surface area contributed by atoms with Gasteiger partial charge in [-0.05, 0) is 72.8 Å². The van der Waals surface area contributed by atoms with Gasteiger partial charge in [-0.1, -0.05) is 43.6 Å². The minimum Gasteiger partial charge on any atom is -0.387 e. The lowest BCUT2D eigenvalue weighted by Crippen LogP contribution is -2.22. The number of halogens is 1. The molecule has 1 aromatic carbocycles. The van der Waals surface area contributed by atoms with E-state index in [1.54, 1.807) is 0 Å². The normalized spacial score (nSPS) is 21.7. The van der Waals surface area contributed by atoms with Gasteiger partial charge in [-0.25, -0.2) is 4.98 Å². The Morgan fingerprint density at radius 1 is 1.11 bits per heavy atom. The number of imidazole rings is 1. The molecule has 3 aromatic rings. The molecule has 0 saturated heterocycles. The van der Waals surface area contributed by atoms with Crippen LogP contribution in [0.2, 0.25) is 5.02 Å². The first-order valence-electron chi connectivity index (χ1n) is 9.93. The third kappa shape index (κ3) is 3.63. The number of aromatic nitrogens is 2. The van der Waals surface area contributed by atoms with Gasteiger partial charge in [0.25, 0.3) is 0 Å². The molecule has 0 bridgehead atoms. The molecule has 1 N–H and O–H groups in total. The monoisotopic (exact) mass is 382 g/mol. The smallest absolute Gasteiger partial charge is 0.0995 e. The van der Waals surface area contributed by atoms with Gasteiger partial charge in [-0.3, -0.25) is 0 Å². The number of pyridine rings is 1. The van der Waals surface area contributed by atoms with Crippen molar-refractivity contribution < 1.29 is 5.11 Å². The molecular weight excluding hydrogens is 356 g/mol. The first-order valence-corrected chi connectivity index (χ1v) is 10.3. The van der Waals surface area contributed by atoms with Crippen LogP contribution in [0.5, 0.6) is 0 Å². The van der Waals surface area contributed by atoms with Crippen LogP contribution in [-0.4, -0.2) is 14.5 Å². The molecule has 3 nitrogen and oxygen atoms in total. The number of nitrogens with zero attached hydrogens (tertiary/aromatic N) is 2. The number of hydrogen-bond acceptors (Lipinski definition) is 2. The summed E-state index contributed by atoms with van der Waals surface area (Å²) in [5.41, 5.74) is 4.60. The number of benzene rings is 1. The second-order valence-electron chi connectivity index (χ2n) is 8.13. The molecule has 27 heavy (non-hydrogen) atoms. The summed E-state index contributed by atoms with van der Waals surface area (Å²) in [4.78, 5) is 4.29. The Hall–Kier alpha value is -1.84. The Labute approximate surface area is 166 Å². The van der Waals surface area contributed by atoms with E-state index in [2.05, 4.69) is 47.5 Å². The molecule has 4 heteroatoms. The van der Waals surface area contributed by atoms with Gasteiger partial charge in [-0.2, -0.15) is 0 Å². The molecule has 0 aliphatic heterocycles. The quantitative estimate of drug-likeness (QED) is 0.590. The third-order valence-corrected chi connectivity index (χ3v) is 6.33. The maximum absolute atomic E-state index is 11.3. The van der Waals surface area contributed by atoms with Gasteiger partial charge in [0.15, 0.2) is 0 Å². The van der Waals surface area contributed by atoms with Crippen molar-refractivity contribution in [2.24, 2.45) is 5.92 Å². The zero-order chi connectivity index (χ0) is 19.0. The summed E-state index contributed by atoms with van der Waals surface area (Å²) in [6.07, 6.45) is 7.48. The van der Waals surface area contributed by atoms with Crippen molar-refractivity contribution in [3.05, 3.63) is 70.8 Å². The SMILES string of the molecule is CC(C)c1ccc2cncn2c1[C@@H](O)C1CCC(c2cccc(Cl)c2)CC1. The van der Waals surface area contributed by atoms with E-state index >= 15 is 0 Å². The van der Waals surface area contributed by atoms with Crippen LogP contribution in [0.3, 0.4) is 0 Å². The van der Waals surface area contributed by atoms with Gasteiger partial charge in [0.1, 0.15) is 0 Å². The predicted octanol–water partition coefficient (Wildman–Crippen LogP) is 6.12. The van der Waals surface area contributed by atoms with Crippen molar-refractivity contribution in [2.45, 2.75) is 57.5 Å². The van der Waals surface area contributed by atoms with Crippen LogP contribution in [0.25, 0.3) is 5.52 Å². The van der Waals surface area contributed by atoms with Gasteiger partial charge in [0.2, 0.25) is 0 Å². The molecule has 1 fully saturated rings. The lowest BCUT2D eigenvalue weighted by atomic mass is 9.75. The Morgan fingerprint density at radius 2 is 1.89 bits per heavy atom. The van der Waals surface area contributed by atoms with E-state index in [-0.39, 0.29) is 5.92 Å². The first-order chi connectivity index (χ1) is 13.0. The van der Waals surface area contributed by atoms with Crippen molar-refractivity contribution in [3.8, 4) is 0 Å². The first kappa shape index (κ1) is 18.5. The summed E-state index contributed by atoms with van der Waals surface area (Å²) >= 11 is 6.17. The largest absolute Gasteiger partial charge is 0.387 e. The second kappa shape index (κ2) is 7.65. The van der Waals surface area contributed by atoms with Crippen LogP contribution >= 0.6 is 11.6 Å². The highest BCUT2D eigenvalue weighted by molar-refractivity contribution is 6.30. The minimum atomic E-state index is -0.458. The fourth-order valence-corrected chi connectivity index (χ4v) is 4.78. The van der Waals surface area contributed by atoms with E-state index in [0.29, 0.717) is 11.8 Å². The zero-order valence-electron chi connectivity index (χ0n) is 16.0. The van der Waals surface area contributed by atoms with Crippen LogP contribution in [0.15, 0.2) is 48.9 Å². The van der Waals surface area contributed by atoms with Gasteiger partial charge in [0.05, 0.1) is 29.8 Å². The molecule has 2 heterocycles. The minimum absolute atomic E-state index is 0.283. The van der Waals surface area contributed by atoms with Crippen molar-refractivity contribution in [1.29, 1.82) is 0 Å². The Balaban J connectivity index is 1.56. The summed E-state index contributed by atoms with van der Waals surface area (Å²) < 4.78 is 2.07. The Bertz CT molecular complexity index is 925. The number of hydrogen-bond donors (Lipinski definition) is 1. The molecule has 0 spiro atoms. The molecule has 1 aliphatic rings. The molecule has 0 unspecified atom stereocenters. The molecular formula is C23H27ClN2O. The molecule has 0 amide bonds. The van der Waals surface area contributed by atoms with E-state index in [1.807, 2.05) is 24.7 Å². The fourth-order valence-electron chi connectivity index (χ4n) is 4.58. The Morgan fingerprint density at radius 3 is 2.59 bits per heavy atom. The zero-order valence-corrected chi connectivity index (χ0v) is 16.7. The van der Waals surface area contributed by atoms with Gasteiger partial charge in [-0.15, -0.1) is 0 Å². The van der Waals surface area contributed by atoms with Crippen molar-refractivity contribution in [1.82, 2.24) is 9.38 Å². The molecule has 1 saturated carbocycles. The van der Waals surface area contributed by atoms with E-state index < -0.39 is 6.10 Å². The van der Waals surface area contributed by atoms with Crippen molar-refractivity contribution in [2.75, 3.05) is 0 Å². The average molecular weight is 383 g/mol. The number of rotatable bonds is 4. The lowest BCUT2D eigenvalue weighted by molar-refractivity contribution is 0.0752. The van der Waals surface area contributed by atoms with Crippen LogP contribution in [0, 0.1) is 5.92 Å². The highest BCUT2D eigenvalue weighted by atomic mass is 35.5. The van der Waals surface area contributed by atoms with Crippen LogP contribution in [0.4, 0.5) is 0 Å². The highest BCUT2D eigenvalue weighted by Crippen LogP contribution is 2.42. The molecule has 1 aliphatic carbocycles. The maximum atomic E-state index is 11.3. The molecule has 1 atom stereocenters. The van der Waals surface area contributed by atoms with Crippen molar-refractivity contribution in [3.63, 3.8) is 0 Å². The van der Waals surface area contributed by atoms with E-state index in [9.17, 15) is 5.11 Å². The van der Waals surface area contributed by atoms with Crippen LogP contribution in [0.1, 0.15) is 74.3 Å². The predicted molar refractivity (Wildman–Crippen MR) is 110 cm³/mol. The number of aliphatic hydroxyl groups excluding tert-OH is 1. The van der Waals surface area contributed by atoms with Gasteiger partial charge >= 0.3 is 0 Å². The summed E-state index contributed by atoms with van der Waals surface area (Å²) in [6, 6.07) is 12.5. The van der Waals surface area contributed by atoms with Crippen molar-refractivity contribution >= 4 is 17.1 Å². The van der Waals surface area contributed by atoms with E-state index in [0.717, 1.165) is 41.9 Å². The van der Waals surface area contributed by atoms with Crippen LogP contribution < -0.4 is 0 Å². The molecule has 4 rings (SSSR count). The highest BCUT2D eigenvalue weighted by Gasteiger charge is 2.31. The van der Waals surface area contributed by atoms with Crippen LogP contribution in [-0.2, 0) is 0 Å². The average Bonchev–Trinajstić information content (AvgIpc) is 3.15. The number of fused-ring (bicyclic) bond motifs is 1. The summed E-state index contributed by atoms with van der Waals surface area (Å²) in [6.45, 7) is 4.37. The van der Waals surface area contributed by atoms with E-state index in [1.165, 1.54) is 11.1 Å². The second-order valence-corrected chi connectivity index (χ2v) is 8.57. The maximum Gasteiger partial charge on any atom is 0.0995 e. The topological polar surface area (TPSA) is 37.5 Å². The molecule has 0 radical (unpaired) electrons. The standard InChI is InChI=1S/C23H27ClN2O/c1-15(2)21-11-10-20-13-25-14-26(20)22(21)23(27)17-8-6-16(7-9-17)18-4-3-5-19(24)12-18/h3-5,10-17,23,27H,6-9H2,1-2H3/t16?,17?,23-/m0/s1. The summed E-state index contributed by atoms with van der Waals surface area (Å²) in [5, 5.41) is 12.1. The van der Waals surface area contributed by atoms with E-state index in [4.69, 9.17) is 11.6 Å². The van der Waals surface area contributed by atoms with Gasteiger partial charge in [0, 0.05) is 5.02 Å². The number of aliphatic hydroxyl groups is 1. The summed E-state index contributed by atoms with van der Waals surface area (Å²) in [7, 11) is 0. The Kier molecular flexibility index (Phi) is 5.25. The molecule has 142 valence electrons. The lowest BCUT2D eigenvalue weighted by Gasteiger charge is -2.33. The van der Waals surface area contributed by atoms with Gasteiger partial charge < -0.3 is 9.51 Å². The summed E-state index contributed by atoms with van der Waals surface area (Å²) in [5.74, 6) is 1.19. The third-order valence-electron chi connectivity index (χ3n) is 6.10.